The van der Waals surface area contributed by atoms with Crippen LogP contribution in [-0.4, -0.2) is 64.7 Å². The van der Waals surface area contributed by atoms with E-state index in [1.54, 1.807) is 0 Å². The van der Waals surface area contributed by atoms with E-state index in [1.807, 2.05) is 0 Å². The lowest BCUT2D eigenvalue weighted by Crippen LogP contribution is -2.45. The molecule has 0 bridgehead atoms. The highest BCUT2D eigenvalue weighted by Gasteiger charge is 2.35. The fourth-order valence-electron chi connectivity index (χ4n) is 3.27. The van der Waals surface area contributed by atoms with Crippen LogP contribution >= 0.6 is 0 Å². The number of aromatic nitrogens is 2. The minimum Gasteiger partial charge on any atom is -0.481 e. The van der Waals surface area contributed by atoms with Crippen LogP contribution in [0.1, 0.15) is 42.9 Å². The standard InChI is InChI=1S/C14H22N4O3/c1-17-5-6-18(2)11(8-17)12-15-13(21-16-12)9-3-4-10(7-9)14(19)20/h9-11H,3-8H2,1-2H3,(H,19,20). The summed E-state index contributed by atoms with van der Waals surface area (Å²) in [5, 5.41) is 13.2. The Kier molecular flexibility index (Phi) is 3.95. The van der Waals surface area contributed by atoms with E-state index in [2.05, 4.69) is 34.0 Å². The molecule has 21 heavy (non-hydrogen) atoms. The van der Waals surface area contributed by atoms with Crippen molar-refractivity contribution in [1.82, 2.24) is 19.9 Å². The van der Waals surface area contributed by atoms with Crippen LogP contribution < -0.4 is 0 Å². The molecule has 1 N–H and O–H groups in total. The number of aliphatic carboxylic acids is 1. The highest BCUT2D eigenvalue weighted by atomic mass is 16.5. The number of carboxylic acids is 1. The van der Waals surface area contributed by atoms with Gasteiger partial charge >= 0.3 is 5.97 Å². The first-order valence-electron chi connectivity index (χ1n) is 7.49. The summed E-state index contributed by atoms with van der Waals surface area (Å²) in [5.74, 6) is 0.437. The van der Waals surface area contributed by atoms with E-state index in [0.29, 0.717) is 18.7 Å². The molecule has 1 saturated carbocycles. The van der Waals surface area contributed by atoms with Gasteiger partial charge in [0.15, 0.2) is 5.82 Å². The third-order valence-corrected chi connectivity index (χ3v) is 4.74. The molecule has 3 atom stereocenters. The molecule has 1 saturated heterocycles. The molecule has 1 aliphatic carbocycles. The molecule has 1 aromatic rings. The second-order valence-corrected chi connectivity index (χ2v) is 6.29. The lowest BCUT2D eigenvalue weighted by atomic mass is 10.1. The van der Waals surface area contributed by atoms with E-state index >= 15 is 0 Å². The topological polar surface area (TPSA) is 82.7 Å². The average molecular weight is 294 g/mol. The van der Waals surface area contributed by atoms with Crippen molar-refractivity contribution in [3.8, 4) is 0 Å². The first kappa shape index (κ1) is 14.5. The lowest BCUT2D eigenvalue weighted by Gasteiger charge is -2.35. The van der Waals surface area contributed by atoms with E-state index in [1.165, 1.54) is 0 Å². The molecule has 0 radical (unpaired) electrons. The zero-order valence-corrected chi connectivity index (χ0v) is 12.5. The summed E-state index contributed by atoms with van der Waals surface area (Å²) in [7, 11) is 4.17. The zero-order chi connectivity index (χ0) is 15.0. The molecule has 3 unspecified atom stereocenters. The van der Waals surface area contributed by atoms with Gasteiger partial charge in [0.05, 0.1) is 12.0 Å². The van der Waals surface area contributed by atoms with E-state index < -0.39 is 5.97 Å². The molecular weight excluding hydrogens is 272 g/mol. The van der Waals surface area contributed by atoms with Crippen molar-refractivity contribution in [1.29, 1.82) is 0 Å². The number of piperazine rings is 1. The van der Waals surface area contributed by atoms with Gasteiger partial charge < -0.3 is 14.5 Å². The third-order valence-electron chi connectivity index (χ3n) is 4.74. The summed E-state index contributed by atoms with van der Waals surface area (Å²) in [6.07, 6.45) is 2.13. The average Bonchev–Trinajstić information content (AvgIpc) is 3.09. The quantitative estimate of drug-likeness (QED) is 0.888. The number of likely N-dealkylation sites (N-methyl/N-ethyl adjacent to an activating group) is 2. The van der Waals surface area contributed by atoms with Crippen LogP contribution in [0.15, 0.2) is 4.52 Å². The van der Waals surface area contributed by atoms with Crippen molar-refractivity contribution >= 4 is 5.97 Å². The minimum atomic E-state index is -0.717. The molecule has 0 spiro atoms. The molecule has 1 aromatic heterocycles. The third kappa shape index (κ3) is 2.94. The van der Waals surface area contributed by atoms with E-state index in [9.17, 15) is 4.79 Å². The minimum absolute atomic E-state index is 0.0963. The monoisotopic (exact) mass is 294 g/mol. The van der Waals surface area contributed by atoms with Crippen LogP contribution in [0.4, 0.5) is 0 Å². The van der Waals surface area contributed by atoms with Crippen LogP contribution in [-0.2, 0) is 4.79 Å². The second kappa shape index (κ2) is 5.73. The lowest BCUT2D eigenvalue weighted by molar-refractivity contribution is -0.141. The van der Waals surface area contributed by atoms with E-state index in [4.69, 9.17) is 9.63 Å². The fraction of sp³-hybridized carbons (Fsp3) is 0.786. The first-order chi connectivity index (χ1) is 10.0. The molecular formula is C14H22N4O3. The van der Waals surface area contributed by atoms with Gasteiger partial charge in [-0.3, -0.25) is 9.69 Å². The Balaban J connectivity index is 1.70. The largest absolute Gasteiger partial charge is 0.481 e. The van der Waals surface area contributed by atoms with Crippen molar-refractivity contribution in [2.45, 2.75) is 31.2 Å². The predicted octanol–water partition coefficient (Wildman–Crippen LogP) is 0.956. The second-order valence-electron chi connectivity index (χ2n) is 6.29. The Hall–Kier alpha value is -1.47. The van der Waals surface area contributed by atoms with Gasteiger partial charge in [-0.2, -0.15) is 4.98 Å². The van der Waals surface area contributed by atoms with Gasteiger partial charge in [-0.15, -0.1) is 0 Å². The summed E-state index contributed by atoms with van der Waals surface area (Å²) in [6.45, 7) is 2.91. The number of nitrogens with zero attached hydrogens (tertiary/aromatic N) is 4. The smallest absolute Gasteiger partial charge is 0.306 e. The Morgan fingerprint density at radius 2 is 2.14 bits per heavy atom. The SMILES string of the molecule is CN1CCN(C)C(c2noc(C3CCC(C(=O)O)C3)n2)C1. The van der Waals surface area contributed by atoms with Gasteiger partial charge in [-0.25, -0.2) is 0 Å². The fourth-order valence-corrected chi connectivity index (χ4v) is 3.27. The number of carboxylic acid groups (broad SMARTS) is 1. The normalized spacial score (nSPS) is 31.6. The Labute approximate surface area is 123 Å². The van der Waals surface area contributed by atoms with Gasteiger partial charge in [0.2, 0.25) is 5.89 Å². The van der Waals surface area contributed by atoms with Crippen molar-refractivity contribution in [2.24, 2.45) is 5.92 Å². The van der Waals surface area contributed by atoms with Gasteiger partial charge in [0.1, 0.15) is 0 Å². The van der Waals surface area contributed by atoms with E-state index in [-0.39, 0.29) is 17.9 Å². The summed E-state index contributed by atoms with van der Waals surface area (Å²) < 4.78 is 5.41. The summed E-state index contributed by atoms with van der Waals surface area (Å²) in [4.78, 5) is 20.1. The highest BCUT2D eigenvalue weighted by molar-refractivity contribution is 5.70. The molecule has 7 heteroatoms. The van der Waals surface area contributed by atoms with Gasteiger partial charge in [-0.1, -0.05) is 5.16 Å². The van der Waals surface area contributed by atoms with Crippen LogP contribution in [0.3, 0.4) is 0 Å². The number of hydrogen-bond donors (Lipinski definition) is 1. The van der Waals surface area contributed by atoms with E-state index in [0.717, 1.165) is 31.9 Å². The number of carbonyl (C=O) groups is 1. The zero-order valence-electron chi connectivity index (χ0n) is 12.5. The summed E-state index contributed by atoms with van der Waals surface area (Å²) in [6, 6.07) is 0.151. The molecule has 7 nitrogen and oxygen atoms in total. The van der Waals surface area contributed by atoms with Crippen molar-refractivity contribution in [3.63, 3.8) is 0 Å². The summed E-state index contributed by atoms with van der Waals surface area (Å²) in [5.41, 5.74) is 0. The maximum absolute atomic E-state index is 11.0. The summed E-state index contributed by atoms with van der Waals surface area (Å²) >= 11 is 0. The molecule has 1 aliphatic heterocycles. The van der Waals surface area contributed by atoms with Crippen LogP contribution in [0.5, 0.6) is 0 Å². The Morgan fingerprint density at radius 1 is 1.33 bits per heavy atom. The molecule has 0 amide bonds. The predicted molar refractivity (Wildman–Crippen MR) is 74.9 cm³/mol. The first-order valence-corrected chi connectivity index (χ1v) is 7.49. The van der Waals surface area contributed by atoms with Crippen LogP contribution in [0.2, 0.25) is 0 Å². The Bertz CT molecular complexity index is 518. The highest BCUT2D eigenvalue weighted by Crippen LogP contribution is 2.38. The molecule has 2 aliphatic rings. The van der Waals surface area contributed by atoms with Crippen molar-refractivity contribution in [2.75, 3.05) is 33.7 Å². The molecule has 3 rings (SSSR count). The van der Waals surface area contributed by atoms with Crippen molar-refractivity contribution in [3.05, 3.63) is 11.7 Å². The number of hydrogen-bond acceptors (Lipinski definition) is 6. The Morgan fingerprint density at radius 3 is 2.86 bits per heavy atom. The molecule has 0 aromatic carbocycles. The maximum Gasteiger partial charge on any atom is 0.306 e. The number of rotatable bonds is 3. The molecule has 2 fully saturated rings. The van der Waals surface area contributed by atoms with Crippen LogP contribution in [0, 0.1) is 5.92 Å². The van der Waals surface area contributed by atoms with Gasteiger partial charge in [0, 0.05) is 25.6 Å². The van der Waals surface area contributed by atoms with Crippen molar-refractivity contribution < 1.29 is 14.4 Å². The van der Waals surface area contributed by atoms with Gasteiger partial charge in [-0.05, 0) is 33.4 Å². The molecule has 2 heterocycles. The maximum atomic E-state index is 11.0. The van der Waals surface area contributed by atoms with Gasteiger partial charge in [0.25, 0.3) is 0 Å². The molecule has 116 valence electrons. The van der Waals surface area contributed by atoms with Crippen LogP contribution in [0.25, 0.3) is 0 Å².